The molecule has 1 saturated carbocycles. The van der Waals surface area contributed by atoms with Gasteiger partial charge in [-0.15, -0.1) is 0 Å². The third kappa shape index (κ3) is 3.03. The molecule has 1 aromatic rings. The van der Waals surface area contributed by atoms with Crippen LogP contribution in [-0.4, -0.2) is 30.3 Å². The summed E-state index contributed by atoms with van der Waals surface area (Å²) in [5, 5.41) is 13.3. The Morgan fingerprint density at radius 2 is 1.68 bits per heavy atom. The summed E-state index contributed by atoms with van der Waals surface area (Å²) in [6.07, 6.45) is 6.96. The van der Waals surface area contributed by atoms with Gasteiger partial charge in [-0.2, -0.15) is 0 Å². The lowest BCUT2D eigenvalue weighted by molar-refractivity contribution is 0.172. The molecule has 0 unspecified atom stereocenters. The summed E-state index contributed by atoms with van der Waals surface area (Å²) < 4.78 is 0. The summed E-state index contributed by atoms with van der Waals surface area (Å²) in [6, 6.07) is 8.94. The molecule has 1 aliphatic heterocycles. The Labute approximate surface area is 115 Å². The molecule has 1 aromatic carbocycles. The topological polar surface area (TPSA) is 35.5 Å². The van der Waals surface area contributed by atoms with Crippen molar-refractivity contribution < 1.29 is 5.11 Å². The lowest BCUT2D eigenvalue weighted by Gasteiger charge is -2.29. The molecule has 0 spiro atoms. The highest BCUT2D eigenvalue weighted by atomic mass is 16.3. The molecular weight excluding hydrogens is 236 g/mol. The molecular formula is C16H24N2O. The predicted octanol–water partition coefficient (Wildman–Crippen LogP) is 3.00. The zero-order valence-electron chi connectivity index (χ0n) is 11.5. The molecule has 1 saturated heterocycles. The number of anilines is 2. The first-order chi connectivity index (χ1) is 9.33. The van der Waals surface area contributed by atoms with Crippen molar-refractivity contribution in [3.8, 4) is 0 Å². The maximum absolute atomic E-state index is 9.84. The van der Waals surface area contributed by atoms with Crippen molar-refractivity contribution in [2.24, 2.45) is 0 Å². The van der Waals surface area contributed by atoms with Gasteiger partial charge in [0.25, 0.3) is 0 Å². The molecule has 104 valence electrons. The SMILES string of the molecule is O[C@H]1CCC[C@@H]1Nc1ccc(N2CCCCC2)cc1. The quantitative estimate of drug-likeness (QED) is 0.877. The predicted molar refractivity (Wildman–Crippen MR) is 79.8 cm³/mol. The Morgan fingerprint density at radius 3 is 2.32 bits per heavy atom. The molecule has 0 radical (unpaired) electrons. The Morgan fingerprint density at radius 1 is 0.947 bits per heavy atom. The Hall–Kier alpha value is -1.22. The molecule has 3 heteroatoms. The van der Waals surface area contributed by atoms with E-state index in [-0.39, 0.29) is 12.1 Å². The minimum absolute atomic E-state index is 0.179. The number of nitrogens with one attached hydrogen (secondary N) is 1. The number of rotatable bonds is 3. The second-order valence-corrected chi connectivity index (χ2v) is 5.84. The van der Waals surface area contributed by atoms with Crippen LogP contribution in [0.2, 0.25) is 0 Å². The first kappa shape index (κ1) is 12.8. The number of nitrogens with zero attached hydrogens (tertiary/aromatic N) is 1. The van der Waals surface area contributed by atoms with Gasteiger partial charge in [0.15, 0.2) is 0 Å². The second-order valence-electron chi connectivity index (χ2n) is 5.84. The fraction of sp³-hybridized carbons (Fsp3) is 0.625. The van der Waals surface area contributed by atoms with Crippen LogP contribution in [0.4, 0.5) is 11.4 Å². The molecule has 0 aromatic heterocycles. The second kappa shape index (κ2) is 5.83. The third-order valence-electron chi connectivity index (χ3n) is 4.42. The Bertz CT molecular complexity index is 398. The highest BCUT2D eigenvalue weighted by molar-refractivity contribution is 5.55. The van der Waals surface area contributed by atoms with E-state index in [1.165, 1.54) is 38.0 Å². The van der Waals surface area contributed by atoms with Crippen molar-refractivity contribution in [3.63, 3.8) is 0 Å². The van der Waals surface area contributed by atoms with Crippen LogP contribution in [0.25, 0.3) is 0 Å². The van der Waals surface area contributed by atoms with E-state index in [0.29, 0.717) is 0 Å². The maximum atomic E-state index is 9.84. The number of hydrogen-bond donors (Lipinski definition) is 2. The summed E-state index contributed by atoms with van der Waals surface area (Å²) in [5.41, 5.74) is 2.46. The molecule has 2 aliphatic rings. The van der Waals surface area contributed by atoms with Gasteiger partial charge >= 0.3 is 0 Å². The average molecular weight is 260 g/mol. The summed E-state index contributed by atoms with van der Waals surface area (Å²) in [7, 11) is 0. The average Bonchev–Trinajstić information content (AvgIpc) is 2.86. The van der Waals surface area contributed by atoms with Crippen LogP contribution in [0, 0.1) is 0 Å². The van der Waals surface area contributed by atoms with E-state index in [4.69, 9.17) is 0 Å². The molecule has 1 heterocycles. The van der Waals surface area contributed by atoms with Crippen LogP contribution in [-0.2, 0) is 0 Å². The maximum Gasteiger partial charge on any atom is 0.0741 e. The van der Waals surface area contributed by atoms with Gasteiger partial charge in [-0.1, -0.05) is 0 Å². The van der Waals surface area contributed by atoms with Crippen LogP contribution in [0.3, 0.4) is 0 Å². The van der Waals surface area contributed by atoms with Gasteiger partial charge in [-0.05, 0) is 62.8 Å². The van der Waals surface area contributed by atoms with Crippen LogP contribution in [0.15, 0.2) is 24.3 Å². The molecule has 19 heavy (non-hydrogen) atoms. The van der Waals surface area contributed by atoms with Gasteiger partial charge in [0.05, 0.1) is 12.1 Å². The molecule has 0 bridgehead atoms. The standard InChI is InChI=1S/C16H24N2O/c19-16-6-4-5-15(16)17-13-7-9-14(10-8-13)18-11-2-1-3-12-18/h7-10,15-17,19H,1-6,11-12H2/t15-,16-/m0/s1. The number of aliphatic hydroxyl groups is 1. The first-order valence-corrected chi connectivity index (χ1v) is 7.62. The number of benzene rings is 1. The number of hydrogen-bond acceptors (Lipinski definition) is 3. The monoisotopic (exact) mass is 260 g/mol. The third-order valence-corrected chi connectivity index (χ3v) is 4.42. The van der Waals surface area contributed by atoms with Gasteiger partial charge in [-0.3, -0.25) is 0 Å². The largest absolute Gasteiger partial charge is 0.391 e. The molecule has 1 aliphatic carbocycles. The molecule has 2 atom stereocenters. The van der Waals surface area contributed by atoms with Crippen molar-refractivity contribution in [2.45, 2.75) is 50.7 Å². The smallest absolute Gasteiger partial charge is 0.0741 e. The van der Waals surface area contributed by atoms with Crippen molar-refractivity contribution in [1.29, 1.82) is 0 Å². The molecule has 3 nitrogen and oxygen atoms in total. The van der Waals surface area contributed by atoms with E-state index in [1.54, 1.807) is 0 Å². The van der Waals surface area contributed by atoms with Crippen LogP contribution in [0.1, 0.15) is 38.5 Å². The van der Waals surface area contributed by atoms with E-state index in [1.807, 2.05) is 0 Å². The van der Waals surface area contributed by atoms with E-state index in [0.717, 1.165) is 24.9 Å². The highest BCUT2D eigenvalue weighted by Gasteiger charge is 2.24. The summed E-state index contributed by atoms with van der Waals surface area (Å²) >= 11 is 0. The summed E-state index contributed by atoms with van der Waals surface area (Å²) in [5.74, 6) is 0. The number of aliphatic hydroxyl groups excluding tert-OH is 1. The van der Waals surface area contributed by atoms with Crippen LogP contribution < -0.4 is 10.2 Å². The van der Waals surface area contributed by atoms with Gasteiger partial charge < -0.3 is 15.3 Å². The lowest BCUT2D eigenvalue weighted by Crippen LogP contribution is -2.29. The van der Waals surface area contributed by atoms with E-state index in [2.05, 4.69) is 34.5 Å². The van der Waals surface area contributed by atoms with Crippen molar-refractivity contribution in [1.82, 2.24) is 0 Å². The van der Waals surface area contributed by atoms with Crippen LogP contribution in [0.5, 0.6) is 0 Å². The van der Waals surface area contributed by atoms with Crippen molar-refractivity contribution in [3.05, 3.63) is 24.3 Å². The summed E-state index contributed by atoms with van der Waals surface area (Å²) in [6.45, 7) is 2.38. The molecule has 2 N–H and O–H groups in total. The van der Waals surface area contributed by atoms with Crippen molar-refractivity contribution >= 4 is 11.4 Å². The van der Waals surface area contributed by atoms with Gasteiger partial charge in [-0.25, -0.2) is 0 Å². The normalized spacial score (nSPS) is 27.5. The van der Waals surface area contributed by atoms with Crippen LogP contribution >= 0.6 is 0 Å². The summed E-state index contributed by atoms with van der Waals surface area (Å²) in [4.78, 5) is 2.47. The van der Waals surface area contributed by atoms with Gasteiger partial charge in [0.1, 0.15) is 0 Å². The van der Waals surface area contributed by atoms with Crippen molar-refractivity contribution in [2.75, 3.05) is 23.3 Å². The minimum atomic E-state index is -0.179. The van der Waals surface area contributed by atoms with Gasteiger partial charge in [0, 0.05) is 24.5 Å². The number of piperidine rings is 1. The lowest BCUT2D eigenvalue weighted by atomic mass is 10.1. The fourth-order valence-corrected chi connectivity index (χ4v) is 3.24. The highest BCUT2D eigenvalue weighted by Crippen LogP contribution is 2.25. The zero-order valence-corrected chi connectivity index (χ0v) is 11.5. The van der Waals surface area contributed by atoms with Gasteiger partial charge in [0.2, 0.25) is 0 Å². The molecule has 3 rings (SSSR count). The first-order valence-electron chi connectivity index (χ1n) is 7.62. The fourth-order valence-electron chi connectivity index (χ4n) is 3.24. The molecule has 0 amide bonds. The Balaban J connectivity index is 1.61. The van der Waals surface area contributed by atoms with E-state index < -0.39 is 0 Å². The minimum Gasteiger partial charge on any atom is -0.391 e. The van der Waals surface area contributed by atoms with E-state index in [9.17, 15) is 5.11 Å². The molecule has 2 fully saturated rings. The van der Waals surface area contributed by atoms with E-state index >= 15 is 0 Å². The Kier molecular flexibility index (Phi) is 3.92. The zero-order chi connectivity index (χ0) is 13.1.